The molecule has 2 aromatic rings. The number of hydrogen-bond donors (Lipinski definition) is 1. The van der Waals surface area contributed by atoms with Crippen LogP contribution in [0.4, 0.5) is 0 Å². The van der Waals surface area contributed by atoms with Crippen molar-refractivity contribution in [3.8, 4) is 0 Å². The minimum absolute atomic E-state index is 0.341. The number of aliphatic hydroxyl groups excluding tert-OH is 1. The maximum Gasteiger partial charge on any atom is 0.190 e. The zero-order chi connectivity index (χ0) is 19.7. The highest BCUT2D eigenvalue weighted by atomic mass is 16.8. The van der Waals surface area contributed by atoms with Crippen LogP contribution in [0.25, 0.3) is 10.8 Å². The van der Waals surface area contributed by atoms with Crippen LogP contribution in [0, 0.1) is 0 Å². The van der Waals surface area contributed by atoms with Crippen LogP contribution in [-0.2, 0) is 25.6 Å². The van der Waals surface area contributed by atoms with Crippen molar-refractivity contribution < 1.29 is 24.1 Å². The molecule has 0 aromatic heterocycles. The van der Waals surface area contributed by atoms with Gasteiger partial charge in [0, 0.05) is 0 Å². The van der Waals surface area contributed by atoms with Gasteiger partial charge < -0.3 is 24.1 Å². The summed E-state index contributed by atoms with van der Waals surface area (Å²) in [5.41, 5.74) is 1.11. The molecule has 0 aliphatic carbocycles. The highest BCUT2D eigenvalue weighted by molar-refractivity contribution is 5.85. The van der Waals surface area contributed by atoms with E-state index in [2.05, 4.69) is 31.2 Å². The molecule has 5 atom stereocenters. The first kappa shape index (κ1) is 19.8. The first-order chi connectivity index (χ1) is 13.5. The summed E-state index contributed by atoms with van der Waals surface area (Å²) in [5.74, 6) is -0.713. The van der Waals surface area contributed by atoms with E-state index in [0.29, 0.717) is 13.0 Å². The van der Waals surface area contributed by atoms with E-state index < -0.39 is 24.3 Å². The van der Waals surface area contributed by atoms with Crippen LogP contribution >= 0.6 is 0 Å². The molecule has 0 radical (unpaired) electrons. The Labute approximate surface area is 166 Å². The van der Waals surface area contributed by atoms with Crippen molar-refractivity contribution in [2.45, 2.75) is 83.1 Å². The second-order valence-electron chi connectivity index (χ2n) is 8.19. The van der Waals surface area contributed by atoms with Crippen LogP contribution in [0.2, 0.25) is 0 Å². The third-order valence-corrected chi connectivity index (χ3v) is 5.57. The molecule has 4 rings (SSSR count). The van der Waals surface area contributed by atoms with Gasteiger partial charge in [0.1, 0.15) is 18.3 Å². The lowest BCUT2D eigenvalue weighted by Crippen LogP contribution is -2.42. The van der Waals surface area contributed by atoms with Crippen molar-refractivity contribution in [2.24, 2.45) is 0 Å². The summed E-state index contributed by atoms with van der Waals surface area (Å²) in [7, 11) is 0. The fraction of sp³-hybridized carbons (Fsp3) is 0.565. The van der Waals surface area contributed by atoms with Crippen LogP contribution in [0.1, 0.15) is 45.6 Å². The molecule has 0 amide bonds. The maximum atomic E-state index is 10.7. The van der Waals surface area contributed by atoms with Crippen LogP contribution in [0.5, 0.6) is 0 Å². The normalized spacial score (nSPS) is 29.9. The fourth-order valence-electron chi connectivity index (χ4n) is 4.19. The van der Waals surface area contributed by atoms with Crippen molar-refractivity contribution in [2.75, 3.05) is 0 Å². The third kappa shape index (κ3) is 3.95. The molecule has 2 aliphatic rings. The van der Waals surface area contributed by atoms with E-state index in [1.54, 1.807) is 0 Å². The topological polar surface area (TPSA) is 57.2 Å². The van der Waals surface area contributed by atoms with Gasteiger partial charge in [0.15, 0.2) is 12.1 Å². The Morgan fingerprint density at radius 1 is 1.11 bits per heavy atom. The average molecular weight is 386 g/mol. The van der Waals surface area contributed by atoms with E-state index in [4.69, 9.17) is 18.9 Å². The zero-order valence-electron chi connectivity index (χ0n) is 16.8. The molecule has 0 bridgehead atoms. The van der Waals surface area contributed by atoms with Gasteiger partial charge >= 0.3 is 0 Å². The van der Waals surface area contributed by atoms with Gasteiger partial charge in [-0.1, -0.05) is 62.2 Å². The summed E-state index contributed by atoms with van der Waals surface area (Å²) < 4.78 is 24.3. The average Bonchev–Trinajstić information content (AvgIpc) is 3.16. The molecule has 152 valence electrons. The van der Waals surface area contributed by atoms with E-state index in [1.807, 2.05) is 32.0 Å². The molecule has 2 heterocycles. The standard InChI is InChI=1S/C23H30O5/c1-4-5-13-18(24)19-20(21-22(26-19)28-23(2,3)27-21)25-14-16-11-8-10-15-9-6-7-12-17(15)16/h6-12,18-22,24H,4-5,13-14H2,1-3H3/t18-,19+,20-,21+,22+/m0/s1. The molecular weight excluding hydrogens is 356 g/mol. The summed E-state index contributed by atoms with van der Waals surface area (Å²) in [5, 5.41) is 13.0. The van der Waals surface area contributed by atoms with Crippen molar-refractivity contribution in [1.29, 1.82) is 0 Å². The number of ether oxygens (including phenoxy) is 4. The molecule has 2 aromatic carbocycles. The molecule has 5 heteroatoms. The minimum Gasteiger partial charge on any atom is -0.390 e. The quantitative estimate of drug-likeness (QED) is 0.775. The predicted molar refractivity (Wildman–Crippen MR) is 107 cm³/mol. The molecule has 0 spiro atoms. The molecular formula is C23H30O5. The summed E-state index contributed by atoms with van der Waals surface area (Å²) >= 11 is 0. The highest BCUT2D eigenvalue weighted by Gasteiger charge is 2.56. The molecule has 2 saturated heterocycles. The Kier molecular flexibility index (Phi) is 5.72. The van der Waals surface area contributed by atoms with Crippen LogP contribution in [0.15, 0.2) is 42.5 Å². The second kappa shape index (κ2) is 8.09. The Morgan fingerprint density at radius 3 is 2.71 bits per heavy atom. The molecule has 5 nitrogen and oxygen atoms in total. The van der Waals surface area contributed by atoms with Crippen molar-refractivity contribution in [3.63, 3.8) is 0 Å². The number of fused-ring (bicyclic) bond motifs is 2. The highest BCUT2D eigenvalue weighted by Crippen LogP contribution is 2.40. The summed E-state index contributed by atoms with van der Waals surface area (Å²) in [6.07, 6.45) is 0.374. The van der Waals surface area contributed by atoms with Gasteiger partial charge in [0.25, 0.3) is 0 Å². The maximum absolute atomic E-state index is 10.7. The van der Waals surface area contributed by atoms with Crippen LogP contribution in [-0.4, -0.2) is 41.6 Å². The summed E-state index contributed by atoms with van der Waals surface area (Å²) in [4.78, 5) is 0. The molecule has 0 saturated carbocycles. The van der Waals surface area contributed by atoms with E-state index in [9.17, 15) is 5.11 Å². The van der Waals surface area contributed by atoms with Gasteiger partial charge in [-0.15, -0.1) is 0 Å². The Bertz CT molecular complexity index is 799. The summed E-state index contributed by atoms with van der Waals surface area (Å²) in [6.45, 7) is 6.29. The predicted octanol–water partition coefficient (Wildman–Crippen LogP) is 4.15. The molecule has 2 aliphatic heterocycles. The third-order valence-electron chi connectivity index (χ3n) is 5.57. The number of hydrogen-bond acceptors (Lipinski definition) is 5. The molecule has 28 heavy (non-hydrogen) atoms. The lowest BCUT2D eigenvalue weighted by atomic mass is 10.0. The number of rotatable bonds is 7. The number of benzene rings is 2. The van der Waals surface area contributed by atoms with Gasteiger partial charge in [-0.3, -0.25) is 0 Å². The monoisotopic (exact) mass is 386 g/mol. The van der Waals surface area contributed by atoms with Crippen molar-refractivity contribution >= 4 is 10.8 Å². The zero-order valence-corrected chi connectivity index (χ0v) is 16.8. The van der Waals surface area contributed by atoms with E-state index >= 15 is 0 Å². The lowest BCUT2D eigenvalue weighted by molar-refractivity contribution is -0.230. The van der Waals surface area contributed by atoms with Gasteiger partial charge in [-0.05, 0) is 36.6 Å². The number of unbranched alkanes of at least 4 members (excludes halogenated alkanes) is 1. The first-order valence-electron chi connectivity index (χ1n) is 10.3. The molecule has 0 unspecified atom stereocenters. The second-order valence-corrected chi connectivity index (χ2v) is 8.19. The lowest BCUT2D eigenvalue weighted by Gasteiger charge is -2.28. The Morgan fingerprint density at radius 2 is 1.89 bits per heavy atom. The fourth-order valence-corrected chi connectivity index (χ4v) is 4.19. The largest absolute Gasteiger partial charge is 0.390 e. The SMILES string of the molecule is CCCC[C@H](O)[C@H]1O[C@@H]2OC(C)(C)O[C@@H]2[C@H]1OCc1cccc2ccccc12. The Hall–Kier alpha value is -1.50. The van der Waals surface area contributed by atoms with Crippen molar-refractivity contribution in [3.05, 3.63) is 48.0 Å². The van der Waals surface area contributed by atoms with E-state index in [1.165, 1.54) is 10.8 Å². The van der Waals surface area contributed by atoms with Gasteiger partial charge in [-0.25, -0.2) is 0 Å². The van der Waals surface area contributed by atoms with Gasteiger partial charge in [0.2, 0.25) is 0 Å². The van der Waals surface area contributed by atoms with E-state index in [0.717, 1.165) is 18.4 Å². The van der Waals surface area contributed by atoms with E-state index in [-0.39, 0.29) is 12.2 Å². The summed E-state index contributed by atoms with van der Waals surface area (Å²) in [6, 6.07) is 14.5. The smallest absolute Gasteiger partial charge is 0.190 e. The van der Waals surface area contributed by atoms with Crippen LogP contribution in [0.3, 0.4) is 0 Å². The number of aliphatic hydroxyl groups is 1. The van der Waals surface area contributed by atoms with Crippen LogP contribution < -0.4 is 0 Å². The minimum atomic E-state index is -0.713. The van der Waals surface area contributed by atoms with Crippen molar-refractivity contribution in [1.82, 2.24) is 0 Å². The van der Waals surface area contributed by atoms with Gasteiger partial charge in [0.05, 0.1) is 12.7 Å². The molecule has 1 N–H and O–H groups in total. The first-order valence-corrected chi connectivity index (χ1v) is 10.3. The van der Waals surface area contributed by atoms with Gasteiger partial charge in [-0.2, -0.15) is 0 Å². The Balaban J connectivity index is 1.53. The molecule has 2 fully saturated rings.